The molecule has 2 atom stereocenters. The summed E-state index contributed by atoms with van der Waals surface area (Å²) < 4.78 is 2.00. The molecule has 2 unspecified atom stereocenters. The zero-order valence-corrected chi connectivity index (χ0v) is 22.3. The summed E-state index contributed by atoms with van der Waals surface area (Å²) in [6.45, 7) is 8.17. The lowest BCUT2D eigenvalue weighted by Crippen LogP contribution is -2.42. The van der Waals surface area contributed by atoms with Gasteiger partial charge in [-0.05, 0) is 49.7 Å². The van der Waals surface area contributed by atoms with E-state index >= 15 is 0 Å². The van der Waals surface area contributed by atoms with Crippen LogP contribution in [-0.2, 0) is 16.6 Å². The maximum absolute atomic E-state index is 13.2. The van der Waals surface area contributed by atoms with Gasteiger partial charge >= 0.3 is 5.97 Å². The lowest BCUT2D eigenvalue weighted by molar-refractivity contribution is -0.137. The van der Waals surface area contributed by atoms with Crippen molar-refractivity contribution in [3.63, 3.8) is 0 Å². The first-order valence-electron chi connectivity index (χ1n) is 11.9. The van der Waals surface area contributed by atoms with Crippen LogP contribution in [0.3, 0.4) is 0 Å². The van der Waals surface area contributed by atoms with Crippen molar-refractivity contribution < 1.29 is 14.7 Å². The third-order valence-corrected chi connectivity index (χ3v) is 7.94. The Morgan fingerprint density at radius 1 is 1.23 bits per heavy atom. The second-order valence-corrected chi connectivity index (χ2v) is 11.3. The summed E-state index contributed by atoms with van der Waals surface area (Å²) in [4.78, 5) is 41.1. The maximum atomic E-state index is 13.2. The molecule has 1 N–H and O–H groups in total. The number of unbranched alkanes of at least 4 members (excludes halogenated alkanes) is 2. The molecular weight excluding hydrogens is 484 g/mol. The number of pyridine rings is 1. The van der Waals surface area contributed by atoms with E-state index in [0.29, 0.717) is 58.0 Å². The molecular formula is C25H32N4O4S2. The van der Waals surface area contributed by atoms with Crippen molar-refractivity contribution >= 4 is 52.1 Å². The Morgan fingerprint density at radius 2 is 1.89 bits per heavy atom. The van der Waals surface area contributed by atoms with E-state index < -0.39 is 5.97 Å². The lowest BCUT2D eigenvalue weighted by Gasteiger charge is -2.38. The Labute approximate surface area is 215 Å². The molecule has 0 spiro atoms. The number of aromatic nitrogens is 1. The number of carbonyl (C=O) groups is 2. The third-order valence-electron chi connectivity index (χ3n) is 6.56. The van der Waals surface area contributed by atoms with Gasteiger partial charge in [-0.15, -0.1) is 0 Å². The van der Waals surface area contributed by atoms with Gasteiger partial charge in [0.25, 0.3) is 11.5 Å². The Bertz CT molecular complexity index is 1160. The van der Waals surface area contributed by atoms with Gasteiger partial charge in [0.15, 0.2) is 0 Å². The number of nitriles is 1. The molecule has 35 heavy (non-hydrogen) atoms. The number of carboxylic acid groups (broad SMARTS) is 1. The van der Waals surface area contributed by atoms with Gasteiger partial charge in [-0.3, -0.25) is 23.9 Å². The van der Waals surface area contributed by atoms with E-state index in [1.54, 1.807) is 24.9 Å². The van der Waals surface area contributed by atoms with E-state index in [1.165, 1.54) is 16.3 Å². The third kappa shape index (κ3) is 5.96. The molecule has 0 radical (unpaired) electrons. The SMILES string of the molecule is Cc1c(C=C2SC(=S)N(CCCCCC(=O)O)C2=O)c(N2CC(C)CC(C)C2)n(C)c(=O)c1C#N. The lowest BCUT2D eigenvalue weighted by atomic mass is 9.91. The Hall–Kier alpha value is -2.64. The number of thioether (sulfide) groups is 1. The zero-order chi connectivity index (χ0) is 25.9. The van der Waals surface area contributed by atoms with E-state index in [-0.39, 0.29) is 23.5 Å². The number of nitrogens with zero attached hydrogens (tertiary/aromatic N) is 4. The fourth-order valence-corrected chi connectivity index (χ4v) is 6.27. The number of hydrogen-bond acceptors (Lipinski definition) is 7. The second-order valence-electron chi connectivity index (χ2n) is 9.60. The average molecular weight is 517 g/mol. The number of thiocarbonyl (C=S) groups is 1. The van der Waals surface area contributed by atoms with Crippen molar-refractivity contribution in [2.45, 2.75) is 52.9 Å². The normalized spacial score (nSPS) is 21.6. The molecule has 2 fully saturated rings. The molecule has 3 heterocycles. The first-order valence-corrected chi connectivity index (χ1v) is 13.1. The topological polar surface area (TPSA) is 107 Å². The summed E-state index contributed by atoms with van der Waals surface area (Å²) in [5.41, 5.74) is 1.01. The molecule has 1 amide bonds. The number of piperidine rings is 1. The fraction of sp³-hybridized carbons (Fsp3) is 0.560. The number of rotatable bonds is 8. The molecule has 1 aromatic rings. The van der Waals surface area contributed by atoms with Gasteiger partial charge < -0.3 is 10.0 Å². The number of aliphatic carboxylic acids is 1. The van der Waals surface area contributed by atoms with Crippen molar-refractivity contribution in [1.29, 1.82) is 5.26 Å². The summed E-state index contributed by atoms with van der Waals surface area (Å²) in [5.74, 6) is 0.616. The number of hydrogen-bond donors (Lipinski definition) is 1. The molecule has 188 valence electrons. The van der Waals surface area contributed by atoms with E-state index in [0.717, 1.165) is 25.3 Å². The summed E-state index contributed by atoms with van der Waals surface area (Å²) in [6.07, 6.45) is 4.92. The zero-order valence-electron chi connectivity index (χ0n) is 20.7. The predicted octanol–water partition coefficient (Wildman–Crippen LogP) is 3.89. The number of anilines is 1. The summed E-state index contributed by atoms with van der Waals surface area (Å²) in [6, 6.07) is 2.04. The highest BCUT2D eigenvalue weighted by Gasteiger charge is 2.33. The summed E-state index contributed by atoms with van der Waals surface area (Å²) in [7, 11) is 1.68. The Kier molecular flexibility index (Phi) is 8.78. The molecule has 3 rings (SSSR count). The first-order chi connectivity index (χ1) is 16.5. The molecule has 0 bridgehead atoms. The number of carbonyl (C=O) groups excluding carboxylic acids is 1. The highest BCUT2D eigenvalue weighted by atomic mass is 32.2. The number of carboxylic acids is 1. The van der Waals surface area contributed by atoms with Crippen LogP contribution in [-0.4, -0.2) is 50.4 Å². The van der Waals surface area contributed by atoms with Gasteiger partial charge in [0.1, 0.15) is 21.8 Å². The van der Waals surface area contributed by atoms with Crippen LogP contribution in [0.4, 0.5) is 5.82 Å². The largest absolute Gasteiger partial charge is 0.481 e. The Morgan fingerprint density at radius 3 is 2.49 bits per heavy atom. The molecule has 8 nitrogen and oxygen atoms in total. The van der Waals surface area contributed by atoms with Crippen LogP contribution in [0, 0.1) is 30.1 Å². The van der Waals surface area contributed by atoms with Gasteiger partial charge in [-0.25, -0.2) is 0 Å². The van der Waals surface area contributed by atoms with Crippen molar-refractivity contribution in [2.24, 2.45) is 18.9 Å². The summed E-state index contributed by atoms with van der Waals surface area (Å²) >= 11 is 6.68. The minimum atomic E-state index is -0.823. The quantitative estimate of drug-likeness (QED) is 0.315. The van der Waals surface area contributed by atoms with E-state index in [9.17, 15) is 19.6 Å². The average Bonchev–Trinajstić information content (AvgIpc) is 3.04. The van der Waals surface area contributed by atoms with Crippen LogP contribution in [0.2, 0.25) is 0 Å². The molecule has 0 aliphatic carbocycles. The van der Waals surface area contributed by atoms with Gasteiger partial charge in [-0.1, -0.05) is 44.2 Å². The van der Waals surface area contributed by atoms with Crippen molar-refractivity contribution in [2.75, 3.05) is 24.5 Å². The van der Waals surface area contributed by atoms with Crippen molar-refractivity contribution in [3.8, 4) is 6.07 Å². The highest BCUT2D eigenvalue weighted by Crippen LogP contribution is 2.37. The van der Waals surface area contributed by atoms with E-state index in [1.807, 2.05) is 6.07 Å². The van der Waals surface area contributed by atoms with Crippen LogP contribution < -0.4 is 10.5 Å². The summed E-state index contributed by atoms with van der Waals surface area (Å²) in [5, 5.41) is 18.5. The van der Waals surface area contributed by atoms with Crippen molar-refractivity contribution in [1.82, 2.24) is 9.47 Å². The van der Waals surface area contributed by atoms with Crippen LogP contribution >= 0.6 is 24.0 Å². The van der Waals surface area contributed by atoms with Crippen LogP contribution in [0.1, 0.15) is 62.6 Å². The molecule has 0 aromatic carbocycles. The van der Waals surface area contributed by atoms with E-state index in [4.69, 9.17) is 17.3 Å². The molecule has 2 aliphatic heterocycles. The minimum Gasteiger partial charge on any atom is -0.481 e. The van der Waals surface area contributed by atoms with Gasteiger partial charge in [0.2, 0.25) is 0 Å². The smallest absolute Gasteiger partial charge is 0.303 e. The molecule has 2 saturated heterocycles. The highest BCUT2D eigenvalue weighted by molar-refractivity contribution is 8.26. The molecule has 0 saturated carbocycles. The van der Waals surface area contributed by atoms with Gasteiger partial charge in [0.05, 0.1) is 4.91 Å². The van der Waals surface area contributed by atoms with Gasteiger partial charge in [-0.2, -0.15) is 5.26 Å². The fourth-order valence-electron chi connectivity index (χ4n) is 4.98. The van der Waals surface area contributed by atoms with Crippen molar-refractivity contribution in [3.05, 3.63) is 31.9 Å². The standard InChI is InChI=1S/C25H32N4O4S2/c1-15-10-16(2)14-28(13-15)22-18(17(3)19(12-26)23(32)27(22)4)11-20-24(33)29(25(34)35-20)9-7-5-6-8-21(30)31/h11,15-16H,5-10,13-14H2,1-4H3,(H,30,31). The van der Waals surface area contributed by atoms with Crippen LogP contribution in [0.5, 0.6) is 0 Å². The number of amides is 1. The first kappa shape index (κ1) is 27.0. The maximum Gasteiger partial charge on any atom is 0.303 e. The van der Waals surface area contributed by atoms with Crippen LogP contribution in [0.15, 0.2) is 9.70 Å². The predicted molar refractivity (Wildman–Crippen MR) is 142 cm³/mol. The van der Waals surface area contributed by atoms with Crippen LogP contribution in [0.25, 0.3) is 6.08 Å². The Balaban J connectivity index is 1.96. The molecule has 2 aliphatic rings. The molecule has 1 aromatic heterocycles. The van der Waals surface area contributed by atoms with E-state index in [2.05, 4.69) is 18.7 Å². The monoisotopic (exact) mass is 516 g/mol. The molecule has 10 heteroatoms. The second kappa shape index (κ2) is 11.4. The van der Waals surface area contributed by atoms with Gasteiger partial charge in [0, 0.05) is 38.7 Å². The minimum absolute atomic E-state index is 0.0783.